The lowest BCUT2D eigenvalue weighted by Crippen LogP contribution is -1.97. The molecule has 1 aromatic heterocycles. The van der Waals surface area contributed by atoms with E-state index in [4.69, 9.17) is 4.43 Å². The summed E-state index contributed by atoms with van der Waals surface area (Å²) in [6.07, 6.45) is 1.88. The van der Waals surface area contributed by atoms with Crippen LogP contribution < -0.4 is 0 Å². The van der Waals surface area contributed by atoms with Gasteiger partial charge in [0, 0.05) is 16.9 Å². The zero-order valence-corrected chi connectivity index (χ0v) is 12.8. The van der Waals surface area contributed by atoms with Gasteiger partial charge in [-0.2, -0.15) is 10.2 Å². The predicted molar refractivity (Wildman–Crippen MR) is 72.2 cm³/mol. The number of nitrogens with zero attached hydrogens (tertiary/aromatic N) is 2. The number of azo groups is 1. The molecule has 0 spiro atoms. The molecule has 1 heterocycles. The number of thiophene rings is 1. The zero-order valence-electron chi connectivity index (χ0n) is 10.5. The quantitative estimate of drug-likeness (QED) is 0.437. The molecule has 0 fully saturated rings. The highest BCUT2D eigenvalue weighted by Crippen LogP contribution is 2.28. The van der Waals surface area contributed by atoms with Gasteiger partial charge in [-0.15, -0.1) is 11.3 Å². The Morgan fingerprint density at radius 1 is 1.19 bits per heavy atom. The Kier molecular flexibility index (Phi) is 5.87. The Morgan fingerprint density at radius 3 is 2.50 bits per heavy atom. The van der Waals surface area contributed by atoms with Gasteiger partial charge in [0.1, 0.15) is 0 Å². The van der Waals surface area contributed by atoms with Crippen molar-refractivity contribution in [3.05, 3.63) is 20.9 Å². The fourth-order valence-electron chi connectivity index (χ4n) is 1.77. The van der Waals surface area contributed by atoms with Crippen molar-refractivity contribution >= 4 is 21.1 Å². The number of hydrogen-bond donors (Lipinski definition) is 0. The smallest absolute Gasteiger partial charge is 0.184 e. The zero-order chi connectivity index (χ0) is 12.0. The molecule has 16 heavy (non-hydrogen) atoms. The van der Waals surface area contributed by atoms with Crippen LogP contribution in [-0.4, -0.2) is 23.0 Å². The lowest BCUT2D eigenvalue weighted by molar-refractivity contribution is 0.441. The average molecular weight is 256 g/mol. The van der Waals surface area contributed by atoms with E-state index in [0.29, 0.717) is 0 Å². The van der Waals surface area contributed by atoms with Gasteiger partial charge in [0.15, 0.2) is 9.76 Å². The van der Waals surface area contributed by atoms with E-state index in [1.54, 1.807) is 7.11 Å². The molecule has 1 aromatic rings. The van der Waals surface area contributed by atoms with Gasteiger partial charge in [0.2, 0.25) is 0 Å². The molecular weight excluding hydrogens is 236 g/mol. The van der Waals surface area contributed by atoms with Crippen LogP contribution in [0.3, 0.4) is 0 Å². The standard InChI is InChI=1S/C11H20N2OSSi/c1-5-10-8(2)15-9(3)11(10)6-12-13-7-16-14-4/h5-7,16H2,1-4H3. The van der Waals surface area contributed by atoms with E-state index in [1.807, 2.05) is 11.3 Å². The van der Waals surface area contributed by atoms with Crippen molar-refractivity contribution in [3.8, 4) is 0 Å². The maximum absolute atomic E-state index is 5.05. The molecule has 5 heteroatoms. The highest BCUT2D eigenvalue weighted by atomic mass is 32.1. The molecule has 0 amide bonds. The molecule has 0 aliphatic rings. The highest BCUT2D eigenvalue weighted by Gasteiger charge is 2.10. The number of hydrogen-bond acceptors (Lipinski definition) is 4. The van der Waals surface area contributed by atoms with E-state index in [0.717, 1.165) is 19.1 Å². The molecule has 0 aliphatic carbocycles. The second-order valence-corrected chi connectivity index (χ2v) is 6.54. The second-order valence-electron chi connectivity index (χ2n) is 3.68. The van der Waals surface area contributed by atoms with E-state index in [1.165, 1.54) is 20.9 Å². The largest absolute Gasteiger partial charge is 0.425 e. The highest BCUT2D eigenvalue weighted by molar-refractivity contribution is 7.12. The van der Waals surface area contributed by atoms with E-state index < -0.39 is 9.76 Å². The first-order valence-corrected chi connectivity index (χ1v) is 8.00. The van der Waals surface area contributed by atoms with Crippen LogP contribution in [0, 0.1) is 13.8 Å². The van der Waals surface area contributed by atoms with Crippen molar-refractivity contribution in [2.24, 2.45) is 10.2 Å². The molecule has 0 atom stereocenters. The SMILES string of the molecule is CCc1c(C)sc(C)c1CN=NC[SiH2]OC. The normalized spacial score (nSPS) is 12.2. The minimum atomic E-state index is -0.456. The van der Waals surface area contributed by atoms with Crippen LogP contribution in [0.25, 0.3) is 0 Å². The Morgan fingerprint density at radius 2 is 1.88 bits per heavy atom. The molecule has 0 N–H and O–H groups in total. The van der Waals surface area contributed by atoms with Crippen LogP contribution in [0.15, 0.2) is 10.2 Å². The lowest BCUT2D eigenvalue weighted by Gasteiger charge is -2.00. The Balaban J connectivity index is 2.62. The summed E-state index contributed by atoms with van der Waals surface area (Å²) in [4.78, 5) is 2.81. The summed E-state index contributed by atoms with van der Waals surface area (Å²) in [5.41, 5.74) is 2.85. The molecule has 0 saturated heterocycles. The summed E-state index contributed by atoms with van der Waals surface area (Å²) in [6.45, 7) is 7.30. The maximum atomic E-state index is 5.05. The molecule has 90 valence electrons. The maximum Gasteiger partial charge on any atom is 0.184 e. The summed E-state index contributed by atoms with van der Waals surface area (Å²) < 4.78 is 5.05. The molecule has 0 unspecified atom stereocenters. The Hall–Kier alpha value is -0.523. The van der Waals surface area contributed by atoms with Gasteiger partial charge in [-0.1, -0.05) is 6.92 Å². The molecule has 0 bridgehead atoms. The number of aryl methyl sites for hydroxylation is 2. The summed E-state index contributed by atoms with van der Waals surface area (Å²) in [5.74, 6) is 0. The monoisotopic (exact) mass is 256 g/mol. The van der Waals surface area contributed by atoms with Gasteiger partial charge in [-0.3, -0.25) is 0 Å². The van der Waals surface area contributed by atoms with Crippen LogP contribution in [0.5, 0.6) is 0 Å². The molecule has 0 radical (unpaired) electrons. The molecule has 0 aliphatic heterocycles. The Labute approximate surface area is 104 Å². The van der Waals surface area contributed by atoms with Gasteiger partial charge in [0.25, 0.3) is 0 Å². The third-order valence-electron chi connectivity index (χ3n) is 2.60. The fourth-order valence-corrected chi connectivity index (χ4v) is 3.34. The third-order valence-corrected chi connectivity index (χ3v) is 4.49. The first-order chi connectivity index (χ1) is 7.70. The molecule has 3 nitrogen and oxygen atoms in total. The minimum Gasteiger partial charge on any atom is -0.425 e. The van der Waals surface area contributed by atoms with Crippen LogP contribution >= 0.6 is 11.3 Å². The summed E-state index contributed by atoms with van der Waals surface area (Å²) >= 11 is 1.87. The predicted octanol–water partition coefficient (Wildman–Crippen LogP) is 2.57. The van der Waals surface area contributed by atoms with Gasteiger partial charge in [-0.05, 0) is 31.4 Å². The number of rotatable bonds is 6. The minimum absolute atomic E-state index is 0.456. The van der Waals surface area contributed by atoms with Crippen LogP contribution in [-0.2, 0) is 17.4 Å². The Bertz CT molecular complexity index is 363. The van der Waals surface area contributed by atoms with Gasteiger partial charge < -0.3 is 4.43 Å². The first kappa shape index (κ1) is 13.5. The van der Waals surface area contributed by atoms with Gasteiger partial charge in [-0.25, -0.2) is 0 Å². The summed E-state index contributed by atoms with van der Waals surface area (Å²) in [7, 11) is 1.28. The van der Waals surface area contributed by atoms with Gasteiger partial charge >= 0.3 is 0 Å². The van der Waals surface area contributed by atoms with E-state index >= 15 is 0 Å². The fraction of sp³-hybridized carbons (Fsp3) is 0.636. The van der Waals surface area contributed by atoms with Crippen molar-refractivity contribution in [2.45, 2.75) is 33.7 Å². The second kappa shape index (κ2) is 6.93. The van der Waals surface area contributed by atoms with Crippen LogP contribution in [0.1, 0.15) is 27.8 Å². The molecule has 0 saturated carbocycles. The van der Waals surface area contributed by atoms with Crippen LogP contribution in [0.2, 0.25) is 0 Å². The summed E-state index contributed by atoms with van der Waals surface area (Å²) in [6, 6.07) is 0. The van der Waals surface area contributed by atoms with E-state index in [9.17, 15) is 0 Å². The van der Waals surface area contributed by atoms with Crippen molar-refractivity contribution in [1.82, 2.24) is 0 Å². The lowest BCUT2D eigenvalue weighted by atomic mass is 10.1. The third kappa shape index (κ3) is 3.50. The van der Waals surface area contributed by atoms with Crippen LogP contribution in [0.4, 0.5) is 0 Å². The topological polar surface area (TPSA) is 34.0 Å². The van der Waals surface area contributed by atoms with E-state index in [-0.39, 0.29) is 0 Å². The van der Waals surface area contributed by atoms with Crippen molar-refractivity contribution in [2.75, 3.05) is 13.3 Å². The van der Waals surface area contributed by atoms with Gasteiger partial charge in [0.05, 0.1) is 12.7 Å². The average Bonchev–Trinajstić information content (AvgIpc) is 2.53. The molecular formula is C11H20N2OSSi. The van der Waals surface area contributed by atoms with Crippen molar-refractivity contribution in [1.29, 1.82) is 0 Å². The van der Waals surface area contributed by atoms with Crippen molar-refractivity contribution in [3.63, 3.8) is 0 Å². The summed E-state index contributed by atoms with van der Waals surface area (Å²) in [5, 5.41) is 8.40. The first-order valence-electron chi connectivity index (χ1n) is 5.60. The molecule has 1 rings (SSSR count). The van der Waals surface area contributed by atoms with Crippen molar-refractivity contribution < 1.29 is 4.43 Å². The molecule has 0 aromatic carbocycles. The van der Waals surface area contributed by atoms with E-state index in [2.05, 4.69) is 31.0 Å².